The molecule has 0 saturated heterocycles. The highest BCUT2D eigenvalue weighted by atomic mass is 79.9. The Balaban J connectivity index is 0.000000745. The second-order valence-corrected chi connectivity index (χ2v) is 10.8. The standard InChI is InChI=1S/C23H23BrF2N4O4.C4H8O3/c1-13-6-19(34-12-14-4-5-15(25)7-18(14)26)20(24)21(31)30(13)11-17-10-27-16(8-28-17)9-29-22(32)23(2,3)33;1-4(2,7)3(5)6/h4-8,10,33H,9,11-12H2,1-3H3,(H,29,32);7H,1-2H3,(H,5,6). The van der Waals surface area contributed by atoms with Crippen LogP contribution in [0.25, 0.3) is 0 Å². The van der Waals surface area contributed by atoms with Crippen molar-refractivity contribution in [1.82, 2.24) is 19.9 Å². The van der Waals surface area contributed by atoms with Crippen molar-refractivity contribution >= 4 is 27.8 Å². The summed E-state index contributed by atoms with van der Waals surface area (Å²) in [5, 5.41) is 28.7. The van der Waals surface area contributed by atoms with E-state index >= 15 is 0 Å². The van der Waals surface area contributed by atoms with Gasteiger partial charge in [-0.1, -0.05) is 0 Å². The number of carboxylic acids is 1. The van der Waals surface area contributed by atoms with E-state index in [1.165, 1.54) is 50.7 Å². The number of aryl methyl sites for hydroxylation is 1. The molecule has 0 spiro atoms. The molecule has 41 heavy (non-hydrogen) atoms. The molecule has 1 amide bonds. The number of aliphatic carboxylic acids is 1. The molecule has 3 aromatic rings. The molecular formula is C27H31BrF2N4O7. The van der Waals surface area contributed by atoms with E-state index in [2.05, 4.69) is 31.2 Å². The molecule has 0 saturated carbocycles. The molecule has 0 fully saturated rings. The molecule has 2 aromatic heterocycles. The minimum atomic E-state index is -1.58. The summed E-state index contributed by atoms with van der Waals surface area (Å²) in [6, 6.07) is 4.81. The Morgan fingerprint density at radius 2 is 1.63 bits per heavy atom. The number of ether oxygens (including phenoxy) is 1. The number of amides is 1. The number of rotatable bonds is 9. The zero-order chi connectivity index (χ0) is 31.1. The number of benzene rings is 1. The number of aliphatic hydroxyl groups is 2. The van der Waals surface area contributed by atoms with Gasteiger partial charge in [0.05, 0.1) is 36.9 Å². The predicted molar refractivity (Wildman–Crippen MR) is 147 cm³/mol. The van der Waals surface area contributed by atoms with Gasteiger partial charge in [-0.05, 0) is 62.7 Å². The minimum absolute atomic E-state index is 0.0985. The summed E-state index contributed by atoms with van der Waals surface area (Å²) in [5.74, 6) is -2.92. The maximum absolute atomic E-state index is 13.8. The van der Waals surface area contributed by atoms with Crippen LogP contribution in [0.15, 0.2) is 45.9 Å². The average molecular weight is 641 g/mol. The van der Waals surface area contributed by atoms with Crippen molar-refractivity contribution in [3.05, 3.63) is 85.8 Å². The molecule has 0 aliphatic rings. The van der Waals surface area contributed by atoms with E-state index < -0.39 is 34.7 Å². The fourth-order valence-corrected chi connectivity index (χ4v) is 3.36. The topological polar surface area (TPSA) is 164 Å². The zero-order valence-electron chi connectivity index (χ0n) is 23.0. The Hall–Kier alpha value is -3.75. The Bertz CT molecular complexity index is 1450. The third-order valence-electron chi connectivity index (χ3n) is 5.40. The highest BCUT2D eigenvalue weighted by Gasteiger charge is 2.23. The highest BCUT2D eigenvalue weighted by Crippen LogP contribution is 2.24. The summed E-state index contributed by atoms with van der Waals surface area (Å²) in [6.07, 6.45) is 2.97. The molecule has 0 unspecified atom stereocenters. The average Bonchev–Trinajstić information content (AvgIpc) is 2.87. The van der Waals surface area contributed by atoms with Crippen LogP contribution in [0.2, 0.25) is 0 Å². The largest absolute Gasteiger partial charge is 0.487 e. The van der Waals surface area contributed by atoms with Crippen molar-refractivity contribution in [3.63, 3.8) is 0 Å². The van der Waals surface area contributed by atoms with Crippen LogP contribution in [0, 0.1) is 18.6 Å². The summed E-state index contributed by atoms with van der Waals surface area (Å²) in [4.78, 5) is 42.9. The van der Waals surface area contributed by atoms with E-state index in [0.717, 1.165) is 12.1 Å². The number of carbonyl (C=O) groups is 2. The number of nitrogens with zero attached hydrogens (tertiary/aromatic N) is 3. The SMILES string of the molecule is CC(C)(O)C(=O)O.Cc1cc(OCc2ccc(F)cc2F)c(Br)c(=O)n1Cc1cnc(CNC(=O)C(C)(C)O)cn1. The lowest BCUT2D eigenvalue weighted by molar-refractivity contribution is -0.154. The monoisotopic (exact) mass is 640 g/mol. The maximum Gasteiger partial charge on any atom is 0.335 e. The highest BCUT2D eigenvalue weighted by molar-refractivity contribution is 9.10. The van der Waals surface area contributed by atoms with E-state index in [0.29, 0.717) is 17.1 Å². The van der Waals surface area contributed by atoms with Crippen molar-refractivity contribution in [2.45, 2.75) is 65.5 Å². The number of hydrogen-bond donors (Lipinski definition) is 4. The second kappa shape index (κ2) is 13.7. The summed E-state index contributed by atoms with van der Waals surface area (Å²) >= 11 is 3.24. The Kier molecular flexibility index (Phi) is 11.2. The third-order valence-corrected chi connectivity index (χ3v) is 6.13. The third kappa shape index (κ3) is 9.99. The van der Waals surface area contributed by atoms with Crippen molar-refractivity contribution in [2.24, 2.45) is 0 Å². The van der Waals surface area contributed by atoms with Gasteiger partial charge in [-0.15, -0.1) is 0 Å². The first-order chi connectivity index (χ1) is 18.9. The molecule has 0 radical (unpaired) electrons. The van der Waals surface area contributed by atoms with E-state index in [4.69, 9.17) is 14.9 Å². The van der Waals surface area contributed by atoms with Crippen LogP contribution >= 0.6 is 15.9 Å². The molecule has 14 heteroatoms. The molecule has 1 aromatic carbocycles. The lowest BCUT2D eigenvalue weighted by Crippen LogP contribution is -2.41. The van der Waals surface area contributed by atoms with Crippen molar-refractivity contribution < 1.29 is 38.4 Å². The predicted octanol–water partition coefficient (Wildman–Crippen LogP) is 2.84. The molecule has 0 aliphatic heterocycles. The van der Waals surface area contributed by atoms with Crippen LogP contribution < -0.4 is 15.6 Å². The molecule has 2 heterocycles. The van der Waals surface area contributed by atoms with E-state index in [1.807, 2.05) is 0 Å². The van der Waals surface area contributed by atoms with E-state index in [-0.39, 0.29) is 41.0 Å². The van der Waals surface area contributed by atoms with Gasteiger partial charge in [0.1, 0.15) is 34.1 Å². The van der Waals surface area contributed by atoms with Gasteiger partial charge >= 0.3 is 5.97 Å². The van der Waals surface area contributed by atoms with Crippen molar-refractivity contribution in [1.29, 1.82) is 0 Å². The summed E-state index contributed by atoms with van der Waals surface area (Å²) in [7, 11) is 0. The van der Waals surface area contributed by atoms with Crippen molar-refractivity contribution in [2.75, 3.05) is 0 Å². The van der Waals surface area contributed by atoms with Gasteiger partial charge in [-0.2, -0.15) is 0 Å². The minimum Gasteiger partial charge on any atom is -0.487 e. The quantitative estimate of drug-likeness (QED) is 0.275. The first-order valence-electron chi connectivity index (χ1n) is 12.1. The summed E-state index contributed by atoms with van der Waals surface area (Å²) in [5.41, 5.74) is -1.73. The summed E-state index contributed by atoms with van der Waals surface area (Å²) < 4.78 is 34.1. The molecule has 4 N–H and O–H groups in total. The van der Waals surface area contributed by atoms with Gasteiger partial charge in [0.2, 0.25) is 0 Å². The number of nitrogens with one attached hydrogen (secondary N) is 1. The van der Waals surface area contributed by atoms with E-state index in [1.54, 1.807) is 13.0 Å². The van der Waals surface area contributed by atoms with Gasteiger partial charge in [-0.3, -0.25) is 19.6 Å². The van der Waals surface area contributed by atoms with Crippen LogP contribution in [0.4, 0.5) is 8.78 Å². The van der Waals surface area contributed by atoms with Gasteiger partial charge < -0.3 is 29.9 Å². The maximum atomic E-state index is 13.8. The Labute approximate surface area is 243 Å². The zero-order valence-corrected chi connectivity index (χ0v) is 24.6. The number of pyridine rings is 1. The molecular weight excluding hydrogens is 610 g/mol. The number of hydrogen-bond acceptors (Lipinski definition) is 8. The Morgan fingerprint density at radius 3 is 2.15 bits per heavy atom. The second-order valence-electron chi connectivity index (χ2n) is 9.98. The number of halogens is 3. The molecule has 11 nitrogen and oxygen atoms in total. The van der Waals surface area contributed by atoms with Crippen LogP contribution in [0.3, 0.4) is 0 Å². The fourth-order valence-electron chi connectivity index (χ4n) is 2.91. The molecule has 0 aliphatic carbocycles. The van der Waals surface area contributed by atoms with Crippen LogP contribution in [-0.4, -0.2) is 52.9 Å². The van der Waals surface area contributed by atoms with Crippen LogP contribution in [0.1, 0.15) is 50.3 Å². The normalized spacial score (nSPS) is 11.4. The smallest absolute Gasteiger partial charge is 0.335 e. The van der Waals surface area contributed by atoms with E-state index in [9.17, 15) is 28.3 Å². The van der Waals surface area contributed by atoms with Gasteiger partial charge in [0.15, 0.2) is 5.60 Å². The first kappa shape index (κ1) is 33.5. The van der Waals surface area contributed by atoms with Gasteiger partial charge in [0, 0.05) is 23.4 Å². The lowest BCUT2D eigenvalue weighted by atomic mass is 10.1. The Morgan fingerprint density at radius 1 is 1.05 bits per heavy atom. The molecule has 0 bridgehead atoms. The lowest BCUT2D eigenvalue weighted by Gasteiger charge is -2.16. The first-order valence-corrected chi connectivity index (χ1v) is 12.9. The number of carboxylic acid groups (broad SMARTS) is 1. The molecule has 0 atom stereocenters. The van der Waals surface area contributed by atoms with Crippen LogP contribution in [-0.2, 0) is 29.3 Å². The van der Waals surface area contributed by atoms with Crippen LogP contribution in [0.5, 0.6) is 5.75 Å². The fraction of sp³-hybridized carbons (Fsp3) is 0.370. The number of carbonyl (C=O) groups excluding carboxylic acids is 1. The molecule has 222 valence electrons. The summed E-state index contributed by atoms with van der Waals surface area (Å²) in [6.45, 7) is 6.97. The van der Waals surface area contributed by atoms with Crippen molar-refractivity contribution in [3.8, 4) is 5.75 Å². The number of aromatic nitrogens is 3. The van der Waals surface area contributed by atoms with Gasteiger partial charge in [-0.25, -0.2) is 13.6 Å². The molecule has 3 rings (SSSR count). The van der Waals surface area contributed by atoms with Gasteiger partial charge in [0.25, 0.3) is 11.5 Å².